The third kappa shape index (κ3) is 5.56. The van der Waals surface area contributed by atoms with Crippen molar-refractivity contribution in [2.24, 2.45) is 0 Å². The molecule has 3 rings (SSSR count). The summed E-state index contributed by atoms with van der Waals surface area (Å²) in [6.45, 7) is 8.18. The van der Waals surface area contributed by atoms with E-state index < -0.39 is 0 Å². The van der Waals surface area contributed by atoms with Crippen LogP contribution in [0.25, 0.3) is 0 Å². The molecule has 2 aromatic carbocycles. The zero-order valence-corrected chi connectivity index (χ0v) is 17.8. The Morgan fingerprint density at radius 3 is 2.30 bits per heavy atom. The smallest absolute Gasteiger partial charge is 0.263 e. The van der Waals surface area contributed by atoms with Crippen molar-refractivity contribution in [3.8, 4) is 5.75 Å². The van der Waals surface area contributed by atoms with Gasteiger partial charge in [0.2, 0.25) is 0 Å². The molecule has 1 aromatic heterocycles. The van der Waals surface area contributed by atoms with Crippen LogP contribution in [0.1, 0.15) is 49.3 Å². The van der Waals surface area contributed by atoms with Crippen molar-refractivity contribution in [3.05, 3.63) is 77.5 Å². The number of benzene rings is 2. The van der Waals surface area contributed by atoms with Gasteiger partial charge in [-0.1, -0.05) is 51.1 Å². The highest BCUT2D eigenvalue weighted by Gasteiger charge is 2.21. The Morgan fingerprint density at radius 1 is 1.03 bits per heavy atom. The lowest BCUT2D eigenvalue weighted by Crippen LogP contribution is -2.22. The standard InChI is InChI=1S/C24H27N3O3/c1-17(28)19-10-12-20(13-11-19)30-16-23(29)25-22-14-21(24(2,3)4)26-27(22)15-18-8-6-5-7-9-18/h5-14H,15-16H2,1-4H3,(H,25,29). The SMILES string of the molecule is CC(=O)c1ccc(OCC(=O)Nc2cc(C(C)(C)C)nn2Cc2ccccc2)cc1. The summed E-state index contributed by atoms with van der Waals surface area (Å²) in [5.74, 6) is 0.869. The van der Waals surface area contributed by atoms with Crippen molar-refractivity contribution < 1.29 is 14.3 Å². The van der Waals surface area contributed by atoms with Crippen molar-refractivity contribution >= 4 is 17.5 Å². The molecule has 0 spiro atoms. The van der Waals surface area contributed by atoms with E-state index in [4.69, 9.17) is 9.84 Å². The fourth-order valence-electron chi connectivity index (χ4n) is 2.87. The van der Waals surface area contributed by atoms with Crippen LogP contribution in [0.3, 0.4) is 0 Å². The van der Waals surface area contributed by atoms with E-state index in [1.165, 1.54) is 6.92 Å². The number of hydrogen-bond donors (Lipinski definition) is 1. The Hall–Kier alpha value is -3.41. The average molecular weight is 405 g/mol. The van der Waals surface area contributed by atoms with Gasteiger partial charge in [0.05, 0.1) is 12.2 Å². The Morgan fingerprint density at radius 2 is 1.70 bits per heavy atom. The quantitative estimate of drug-likeness (QED) is 0.590. The molecule has 0 saturated carbocycles. The number of amides is 1. The largest absolute Gasteiger partial charge is 0.484 e. The van der Waals surface area contributed by atoms with Gasteiger partial charge < -0.3 is 10.1 Å². The molecule has 0 radical (unpaired) electrons. The molecule has 1 amide bonds. The minimum absolute atomic E-state index is 0.0133. The lowest BCUT2D eigenvalue weighted by Gasteiger charge is -2.14. The maximum absolute atomic E-state index is 12.5. The molecule has 30 heavy (non-hydrogen) atoms. The molecule has 0 unspecified atom stereocenters. The Balaban J connectivity index is 1.70. The topological polar surface area (TPSA) is 73.2 Å². The molecule has 6 heteroatoms. The van der Waals surface area contributed by atoms with Crippen LogP contribution in [0.2, 0.25) is 0 Å². The number of nitrogens with zero attached hydrogens (tertiary/aromatic N) is 2. The number of hydrogen-bond acceptors (Lipinski definition) is 4. The van der Waals surface area contributed by atoms with Crippen molar-refractivity contribution in [1.82, 2.24) is 9.78 Å². The van der Waals surface area contributed by atoms with Gasteiger partial charge in [0.25, 0.3) is 5.91 Å². The van der Waals surface area contributed by atoms with Crippen LogP contribution in [0, 0.1) is 0 Å². The number of nitrogens with one attached hydrogen (secondary N) is 1. The van der Waals surface area contributed by atoms with E-state index in [9.17, 15) is 9.59 Å². The second-order valence-corrected chi connectivity index (χ2v) is 8.23. The Kier molecular flexibility index (Phi) is 6.35. The van der Waals surface area contributed by atoms with E-state index in [1.807, 2.05) is 36.4 Å². The first-order valence-electron chi connectivity index (χ1n) is 9.88. The summed E-state index contributed by atoms with van der Waals surface area (Å²) in [7, 11) is 0. The highest BCUT2D eigenvalue weighted by atomic mass is 16.5. The molecule has 1 heterocycles. The number of carbonyl (C=O) groups is 2. The fraction of sp³-hybridized carbons (Fsp3) is 0.292. The molecule has 0 aliphatic rings. The normalized spacial score (nSPS) is 11.2. The molecule has 6 nitrogen and oxygen atoms in total. The summed E-state index contributed by atoms with van der Waals surface area (Å²) in [4.78, 5) is 23.8. The van der Waals surface area contributed by atoms with Crippen molar-refractivity contribution in [2.75, 3.05) is 11.9 Å². The summed E-state index contributed by atoms with van der Waals surface area (Å²) >= 11 is 0. The van der Waals surface area contributed by atoms with Gasteiger partial charge in [-0.3, -0.25) is 9.59 Å². The Labute approximate surface area is 176 Å². The van der Waals surface area contributed by atoms with E-state index in [0.29, 0.717) is 23.7 Å². The number of anilines is 1. The molecule has 0 aliphatic heterocycles. The van der Waals surface area contributed by atoms with E-state index >= 15 is 0 Å². The van der Waals surface area contributed by atoms with E-state index in [2.05, 4.69) is 26.1 Å². The maximum Gasteiger partial charge on any atom is 0.263 e. The van der Waals surface area contributed by atoms with Crippen molar-refractivity contribution in [2.45, 2.75) is 39.7 Å². The predicted octanol–water partition coefficient (Wildman–Crippen LogP) is 4.45. The number of rotatable bonds is 7. The van der Waals surface area contributed by atoms with Crippen molar-refractivity contribution in [3.63, 3.8) is 0 Å². The first-order chi connectivity index (χ1) is 14.2. The molecular formula is C24H27N3O3. The molecule has 0 fully saturated rings. The van der Waals surface area contributed by atoms with Gasteiger partial charge in [-0.25, -0.2) is 4.68 Å². The van der Waals surface area contributed by atoms with Crippen LogP contribution in [0.15, 0.2) is 60.7 Å². The maximum atomic E-state index is 12.5. The van der Waals surface area contributed by atoms with Gasteiger partial charge in [0.15, 0.2) is 12.4 Å². The lowest BCUT2D eigenvalue weighted by atomic mass is 9.92. The second kappa shape index (κ2) is 8.95. The average Bonchev–Trinajstić information content (AvgIpc) is 3.10. The van der Waals surface area contributed by atoms with Crippen LogP contribution in [-0.4, -0.2) is 28.1 Å². The number of aromatic nitrogens is 2. The van der Waals surface area contributed by atoms with E-state index in [-0.39, 0.29) is 23.7 Å². The predicted molar refractivity (Wildman–Crippen MR) is 117 cm³/mol. The van der Waals surface area contributed by atoms with Crippen LogP contribution < -0.4 is 10.1 Å². The van der Waals surface area contributed by atoms with Gasteiger partial charge >= 0.3 is 0 Å². The van der Waals surface area contributed by atoms with E-state index in [0.717, 1.165) is 11.3 Å². The third-order valence-corrected chi connectivity index (χ3v) is 4.62. The fourth-order valence-corrected chi connectivity index (χ4v) is 2.87. The first kappa shape index (κ1) is 21.3. The highest BCUT2D eigenvalue weighted by Crippen LogP contribution is 2.24. The number of carbonyl (C=O) groups excluding carboxylic acids is 2. The molecule has 0 saturated heterocycles. The van der Waals surface area contributed by atoms with Gasteiger partial charge in [-0.15, -0.1) is 0 Å². The number of ketones is 1. The highest BCUT2D eigenvalue weighted by molar-refractivity contribution is 5.94. The zero-order chi connectivity index (χ0) is 21.7. The summed E-state index contributed by atoms with van der Waals surface area (Å²) in [6.07, 6.45) is 0. The molecule has 1 N–H and O–H groups in total. The summed E-state index contributed by atoms with van der Waals surface area (Å²) < 4.78 is 7.36. The summed E-state index contributed by atoms with van der Waals surface area (Å²) in [6, 6.07) is 18.6. The van der Waals surface area contributed by atoms with Gasteiger partial charge in [-0.2, -0.15) is 5.10 Å². The van der Waals surface area contributed by atoms with Gasteiger partial charge in [0, 0.05) is 17.0 Å². The van der Waals surface area contributed by atoms with Crippen LogP contribution >= 0.6 is 0 Å². The van der Waals surface area contributed by atoms with Gasteiger partial charge in [-0.05, 0) is 36.8 Å². The Bertz CT molecular complexity index is 1020. The molecule has 3 aromatic rings. The second-order valence-electron chi connectivity index (χ2n) is 8.23. The number of ether oxygens (including phenoxy) is 1. The van der Waals surface area contributed by atoms with Crippen molar-refractivity contribution in [1.29, 1.82) is 0 Å². The van der Waals surface area contributed by atoms with E-state index in [1.54, 1.807) is 28.9 Å². The third-order valence-electron chi connectivity index (χ3n) is 4.62. The lowest BCUT2D eigenvalue weighted by molar-refractivity contribution is -0.118. The zero-order valence-electron chi connectivity index (χ0n) is 17.8. The molecular weight excluding hydrogens is 378 g/mol. The number of Topliss-reactive ketones (excluding diaryl/α,β-unsaturated/α-hetero) is 1. The van der Waals surface area contributed by atoms with Gasteiger partial charge in [0.1, 0.15) is 11.6 Å². The summed E-state index contributed by atoms with van der Waals surface area (Å²) in [5, 5.41) is 7.61. The molecule has 0 aliphatic carbocycles. The van der Waals surface area contributed by atoms with Crippen LogP contribution in [-0.2, 0) is 16.8 Å². The molecule has 0 atom stereocenters. The molecule has 0 bridgehead atoms. The minimum atomic E-state index is -0.277. The first-order valence-corrected chi connectivity index (χ1v) is 9.88. The van der Waals surface area contributed by atoms with Crippen LogP contribution in [0.5, 0.6) is 5.75 Å². The minimum Gasteiger partial charge on any atom is -0.484 e. The monoisotopic (exact) mass is 405 g/mol. The molecule has 156 valence electrons. The van der Waals surface area contributed by atoms with Crippen LogP contribution in [0.4, 0.5) is 5.82 Å². The summed E-state index contributed by atoms with van der Waals surface area (Å²) in [5.41, 5.74) is 2.45.